The number of rotatable bonds is 1. The Morgan fingerprint density at radius 3 is 2.53 bits per heavy atom. The Balaban J connectivity index is 2.16. The summed E-state index contributed by atoms with van der Waals surface area (Å²) in [4.78, 5) is 13.3. The van der Waals surface area contributed by atoms with Crippen molar-refractivity contribution in [1.82, 2.24) is 4.90 Å². The Labute approximate surface area is 86.7 Å². The highest BCUT2D eigenvalue weighted by atomic mass is 16.3. The SMILES string of the molecule is NC1CN(C(=O)c2ccc(O)c(O)c2)C1. The van der Waals surface area contributed by atoms with Gasteiger partial charge in [0, 0.05) is 24.7 Å². The number of carbonyl (C=O) groups excluding carboxylic acids is 1. The van der Waals surface area contributed by atoms with Gasteiger partial charge in [0.2, 0.25) is 0 Å². The molecule has 1 aromatic carbocycles. The highest BCUT2D eigenvalue weighted by molar-refractivity contribution is 5.95. The molecule has 1 aliphatic heterocycles. The Kier molecular flexibility index (Phi) is 2.24. The van der Waals surface area contributed by atoms with Crippen LogP contribution in [0.3, 0.4) is 0 Å². The van der Waals surface area contributed by atoms with E-state index in [1.807, 2.05) is 0 Å². The lowest BCUT2D eigenvalue weighted by Gasteiger charge is -2.36. The number of aromatic hydroxyl groups is 2. The molecule has 0 aliphatic carbocycles. The molecule has 0 spiro atoms. The van der Waals surface area contributed by atoms with Crippen LogP contribution in [0.4, 0.5) is 0 Å². The molecule has 1 saturated heterocycles. The van der Waals surface area contributed by atoms with Gasteiger partial charge in [-0.15, -0.1) is 0 Å². The molecule has 0 bridgehead atoms. The molecule has 0 radical (unpaired) electrons. The van der Waals surface area contributed by atoms with E-state index in [0.29, 0.717) is 18.7 Å². The zero-order valence-corrected chi connectivity index (χ0v) is 8.05. The van der Waals surface area contributed by atoms with Crippen LogP contribution < -0.4 is 5.73 Å². The number of hydrogen-bond donors (Lipinski definition) is 3. The summed E-state index contributed by atoms with van der Waals surface area (Å²) >= 11 is 0. The van der Waals surface area contributed by atoms with Crippen molar-refractivity contribution < 1.29 is 15.0 Å². The van der Waals surface area contributed by atoms with E-state index in [-0.39, 0.29) is 23.4 Å². The van der Waals surface area contributed by atoms with Crippen LogP contribution in [0.5, 0.6) is 11.5 Å². The molecule has 0 unspecified atom stereocenters. The molecule has 1 aromatic rings. The van der Waals surface area contributed by atoms with Gasteiger partial charge in [-0.25, -0.2) is 0 Å². The average molecular weight is 208 g/mol. The highest BCUT2D eigenvalue weighted by Crippen LogP contribution is 2.26. The van der Waals surface area contributed by atoms with Gasteiger partial charge < -0.3 is 20.8 Å². The van der Waals surface area contributed by atoms with E-state index < -0.39 is 0 Å². The molecule has 1 aliphatic rings. The maximum Gasteiger partial charge on any atom is 0.254 e. The Morgan fingerprint density at radius 1 is 1.33 bits per heavy atom. The maximum atomic E-state index is 11.7. The van der Waals surface area contributed by atoms with E-state index in [1.54, 1.807) is 4.90 Å². The Hall–Kier alpha value is -1.75. The minimum absolute atomic E-state index is 0.0552. The lowest BCUT2D eigenvalue weighted by molar-refractivity contribution is 0.0607. The number of phenolic OH excluding ortho intramolecular Hbond substituents is 2. The van der Waals surface area contributed by atoms with Crippen molar-refractivity contribution in [3.63, 3.8) is 0 Å². The Bertz CT molecular complexity index is 400. The van der Waals surface area contributed by atoms with E-state index in [9.17, 15) is 9.90 Å². The molecule has 1 fully saturated rings. The van der Waals surface area contributed by atoms with E-state index >= 15 is 0 Å². The van der Waals surface area contributed by atoms with Crippen molar-refractivity contribution in [3.05, 3.63) is 23.8 Å². The van der Waals surface area contributed by atoms with Gasteiger partial charge in [-0.1, -0.05) is 0 Å². The first-order valence-corrected chi connectivity index (χ1v) is 4.65. The minimum Gasteiger partial charge on any atom is -0.504 e. The number of nitrogens with zero attached hydrogens (tertiary/aromatic N) is 1. The van der Waals surface area contributed by atoms with Crippen LogP contribution in [0.2, 0.25) is 0 Å². The van der Waals surface area contributed by atoms with Gasteiger partial charge >= 0.3 is 0 Å². The summed E-state index contributed by atoms with van der Waals surface area (Å²) < 4.78 is 0. The zero-order valence-electron chi connectivity index (χ0n) is 8.05. The number of likely N-dealkylation sites (tertiary alicyclic amines) is 1. The smallest absolute Gasteiger partial charge is 0.254 e. The number of benzene rings is 1. The van der Waals surface area contributed by atoms with E-state index in [1.165, 1.54) is 18.2 Å². The summed E-state index contributed by atoms with van der Waals surface area (Å²) in [6.07, 6.45) is 0. The minimum atomic E-state index is -0.286. The van der Waals surface area contributed by atoms with Gasteiger partial charge in [-0.3, -0.25) is 4.79 Å². The molecule has 5 nitrogen and oxygen atoms in total. The molecule has 5 heteroatoms. The first-order valence-electron chi connectivity index (χ1n) is 4.65. The summed E-state index contributed by atoms with van der Waals surface area (Å²) in [7, 11) is 0. The molecule has 1 heterocycles. The van der Waals surface area contributed by atoms with Crippen molar-refractivity contribution in [2.45, 2.75) is 6.04 Å². The zero-order chi connectivity index (χ0) is 11.0. The van der Waals surface area contributed by atoms with Crippen LogP contribution in [-0.2, 0) is 0 Å². The van der Waals surface area contributed by atoms with E-state index in [2.05, 4.69) is 0 Å². The summed E-state index contributed by atoms with van der Waals surface area (Å²) in [5, 5.41) is 18.3. The van der Waals surface area contributed by atoms with Crippen molar-refractivity contribution in [1.29, 1.82) is 0 Å². The second-order valence-corrected chi connectivity index (χ2v) is 3.67. The summed E-state index contributed by atoms with van der Waals surface area (Å²) in [6, 6.07) is 4.07. The van der Waals surface area contributed by atoms with Crippen LogP contribution in [0.15, 0.2) is 18.2 Å². The predicted molar refractivity (Wildman–Crippen MR) is 53.7 cm³/mol. The molecule has 15 heavy (non-hydrogen) atoms. The third-order valence-electron chi connectivity index (χ3n) is 2.42. The topological polar surface area (TPSA) is 86.8 Å². The Morgan fingerprint density at radius 2 is 2.00 bits per heavy atom. The van der Waals surface area contributed by atoms with Crippen LogP contribution in [-0.4, -0.2) is 40.2 Å². The largest absolute Gasteiger partial charge is 0.504 e. The molecular formula is C10H12N2O3. The maximum absolute atomic E-state index is 11.7. The highest BCUT2D eigenvalue weighted by Gasteiger charge is 2.28. The van der Waals surface area contributed by atoms with Crippen LogP contribution >= 0.6 is 0 Å². The van der Waals surface area contributed by atoms with Gasteiger partial charge in [-0.05, 0) is 18.2 Å². The quantitative estimate of drug-likeness (QED) is 0.561. The van der Waals surface area contributed by atoms with Gasteiger partial charge in [-0.2, -0.15) is 0 Å². The fourth-order valence-corrected chi connectivity index (χ4v) is 1.52. The molecule has 2 rings (SSSR count). The molecule has 80 valence electrons. The van der Waals surface area contributed by atoms with Crippen molar-refractivity contribution in [2.75, 3.05) is 13.1 Å². The molecule has 0 aromatic heterocycles. The van der Waals surface area contributed by atoms with Crippen LogP contribution in [0.1, 0.15) is 10.4 Å². The predicted octanol–water partition coefficient (Wildman–Crippen LogP) is -0.119. The normalized spacial score (nSPS) is 16.2. The van der Waals surface area contributed by atoms with E-state index in [0.717, 1.165) is 0 Å². The molecule has 0 atom stereocenters. The lowest BCUT2D eigenvalue weighted by Crippen LogP contribution is -2.57. The summed E-state index contributed by atoms with van der Waals surface area (Å²) in [5.74, 6) is -0.690. The van der Waals surface area contributed by atoms with E-state index in [4.69, 9.17) is 10.8 Å². The van der Waals surface area contributed by atoms with Gasteiger partial charge in [0.05, 0.1) is 0 Å². The van der Waals surface area contributed by atoms with Crippen LogP contribution in [0, 0.1) is 0 Å². The summed E-state index contributed by atoms with van der Waals surface area (Å²) in [5.41, 5.74) is 5.91. The first kappa shape index (κ1) is 9.79. The number of nitrogens with two attached hydrogens (primary N) is 1. The van der Waals surface area contributed by atoms with Gasteiger partial charge in [0.15, 0.2) is 11.5 Å². The second kappa shape index (κ2) is 3.43. The number of hydrogen-bond acceptors (Lipinski definition) is 4. The monoisotopic (exact) mass is 208 g/mol. The van der Waals surface area contributed by atoms with Gasteiger partial charge in [0.1, 0.15) is 0 Å². The second-order valence-electron chi connectivity index (χ2n) is 3.67. The lowest BCUT2D eigenvalue weighted by atomic mass is 10.1. The van der Waals surface area contributed by atoms with Crippen LogP contribution in [0.25, 0.3) is 0 Å². The average Bonchev–Trinajstić information content (AvgIpc) is 2.16. The molecule has 0 saturated carbocycles. The first-order chi connectivity index (χ1) is 7.08. The standard InChI is InChI=1S/C10H12N2O3/c11-7-4-12(5-7)10(15)6-1-2-8(13)9(14)3-6/h1-3,7,13-14H,4-5,11H2. The third-order valence-corrected chi connectivity index (χ3v) is 2.42. The molecule has 4 N–H and O–H groups in total. The number of phenols is 2. The van der Waals surface area contributed by atoms with Crippen molar-refractivity contribution >= 4 is 5.91 Å². The van der Waals surface area contributed by atoms with Crippen molar-refractivity contribution in [3.8, 4) is 11.5 Å². The number of amides is 1. The number of carbonyl (C=O) groups is 1. The fraction of sp³-hybridized carbons (Fsp3) is 0.300. The fourth-order valence-electron chi connectivity index (χ4n) is 1.52. The van der Waals surface area contributed by atoms with Gasteiger partial charge in [0.25, 0.3) is 5.91 Å². The molecular weight excluding hydrogens is 196 g/mol. The summed E-state index contributed by atoms with van der Waals surface area (Å²) in [6.45, 7) is 1.08. The molecule has 1 amide bonds. The van der Waals surface area contributed by atoms with Crippen molar-refractivity contribution in [2.24, 2.45) is 5.73 Å². The third kappa shape index (κ3) is 1.73.